The molecule has 0 aromatic carbocycles. The van der Waals surface area contributed by atoms with Gasteiger partial charge in [-0.2, -0.15) is 4.98 Å². The van der Waals surface area contributed by atoms with Crippen LogP contribution in [-0.4, -0.2) is 23.3 Å². The Morgan fingerprint density at radius 1 is 1.33 bits per heavy atom. The number of aromatic nitrogens is 2. The van der Waals surface area contributed by atoms with Gasteiger partial charge in [0.2, 0.25) is 11.7 Å². The van der Waals surface area contributed by atoms with E-state index in [1.807, 2.05) is 6.92 Å². The molecule has 1 aliphatic carbocycles. The Hall–Kier alpha value is -0.940. The second-order valence-corrected chi connectivity index (χ2v) is 6.38. The Labute approximate surface area is 127 Å². The Kier molecular flexibility index (Phi) is 6.18. The van der Waals surface area contributed by atoms with Gasteiger partial charge in [-0.1, -0.05) is 19.0 Å². The molecule has 1 aromatic heterocycles. The largest absolute Gasteiger partial charge is 0.370 e. The first-order valence-corrected chi connectivity index (χ1v) is 8.29. The smallest absolute Gasteiger partial charge is 0.226 e. The molecule has 21 heavy (non-hydrogen) atoms. The Bertz CT molecular complexity index is 415. The fourth-order valence-electron chi connectivity index (χ4n) is 2.82. The maximum atomic E-state index is 5.77. The van der Waals surface area contributed by atoms with E-state index in [0.717, 1.165) is 37.5 Å². The lowest BCUT2D eigenvalue weighted by atomic mass is 9.88. The van der Waals surface area contributed by atoms with Crippen molar-refractivity contribution in [3.8, 4) is 0 Å². The molecule has 0 aliphatic heterocycles. The lowest BCUT2D eigenvalue weighted by Gasteiger charge is -2.18. The number of aryl methyl sites for hydroxylation is 1. The number of ether oxygens (including phenoxy) is 1. The van der Waals surface area contributed by atoms with Crippen molar-refractivity contribution in [2.24, 2.45) is 23.5 Å². The molecule has 1 fully saturated rings. The van der Waals surface area contributed by atoms with Crippen LogP contribution in [0.2, 0.25) is 0 Å². The molecular weight excluding hydrogens is 266 g/mol. The first-order valence-electron chi connectivity index (χ1n) is 8.29. The van der Waals surface area contributed by atoms with Gasteiger partial charge in [0, 0.05) is 13.0 Å². The van der Waals surface area contributed by atoms with Crippen LogP contribution in [0.1, 0.15) is 64.3 Å². The molecule has 2 atom stereocenters. The van der Waals surface area contributed by atoms with Crippen LogP contribution in [0.5, 0.6) is 0 Å². The highest BCUT2D eigenvalue weighted by atomic mass is 16.5. The van der Waals surface area contributed by atoms with Gasteiger partial charge < -0.3 is 15.0 Å². The Morgan fingerprint density at radius 3 is 2.67 bits per heavy atom. The van der Waals surface area contributed by atoms with Crippen LogP contribution in [0.15, 0.2) is 4.52 Å². The highest BCUT2D eigenvalue weighted by Crippen LogP contribution is 2.42. The monoisotopic (exact) mass is 295 g/mol. The van der Waals surface area contributed by atoms with Gasteiger partial charge in [-0.15, -0.1) is 0 Å². The van der Waals surface area contributed by atoms with E-state index in [2.05, 4.69) is 24.0 Å². The molecule has 0 bridgehead atoms. The zero-order valence-electron chi connectivity index (χ0n) is 13.5. The van der Waals surface area contributed by atoms with Gasteiger partial charge in [0.05, 0.1) is 0 Å². The predicted molar refractivity (Wildman–Crippen MR) is 81.7 cm³/mol. The Morgan fingerprint density at radius 2 is 2.10 bits per heavy atom. The van der Waals surface area contributed by atoms with E-state index in [9.17, 15) is 0 Å². The maximum absolute atomic E-state index is 5.77. The summed E-state index contributed by atoms with van der Waals surface area (Å²) in [5.41, 5.74) is 5.69. The molecule has 1 aliphatic rings. The molecule has 1 heterocycles. The fraction of sp³-hybridized carbons (Fsp3) is 0.875. The number of nitrogens with two attached hydrogens (primary N) is 1. The summed E-state index contributed by atoms with van der Waals surface area (Å²) in [6.07, 6.45) is 5.39. The highest BCUT2D eigenvalue weighted by Gasteiger charge is 2.36. The third kappa shape index (κ3) is 4.78. The molecule has 2 unspecified atom stereocenters. The number of hydrogen-bond acceptors (Lipinski definition) is 5. The second kappa shape index (κ2) is 7.90. The average molecular weight is 295 g/mol. The van der Waals surface area contributed by atoms with Gasteiger partial charge in [0.15, 0.2) is 0 Å². The van der Waals surface area contributed by atoms with Crippen LogP contribution in [0.3, 0.4) is 0 Å². The summed E-state index contributed by atoms with van der Waals surface area (Å²) in [5.74, 6) is 3.30. The summed E-state index contributed by atoms with van der Waals surface area (Å²) in [4.78, 5) is 4.55. The molecule has 1 aromatic rings. The highest BCUT2D eigenvalue weighted by molar-refractivity contribution is 4.98. The third-order valence-corrected chi connectivity index (χ3v) is 4.34. The molecule has 1 saturated carbocycles. The van der Waals surface area contributed by atoms with E-state index in [1.54, 1.807) is 0 Å². The topological polar surface area (TPSA) is 74.2 Å². The lowest BCUT2D eigenvalue weighted by molar-refractivity contribution is 0.0384. The van der Waals surface area contributed by atoms with Crippen molar-refractivity contribution in [2.45, 2.75) is 59.0 Å². The van der Waals surface area contributed by atoms with Crippen LogP contribution in [-0.2, 0) is 11.2 Å². The van der Waals surface area contributed by atoms with Crippen LogP contribution < -0.4 is 5.73 Å². The van der Waals surface area contributed by atoms with Crippen molar-refractivity contribution in [3.05, 3.63) is 11.7 Å². The summed E-state index contributed by atoms with van der Waals surface area (Å²) < 4.78 is 11.2. The van der Waals surface area contributed by atoms with Gasteiger partial charge in [-0.05, 0) is 56.9 Å². The molecule has 5 nitrogen and oxygen atoms in total. The Balaban J connectivity index is 1.89. The van der Waals surface area contributed by atoms with E-state index >= 15 is 0 Å². The molecule has 0 spiro atoms. The average Bonchev–Trinajstić information content (AvgIpc) is 3.19. The van der Waals surface area contributed by atoms with E-state index < -0.39 is 0 Å². The summed E-state index contributed by atoms with van der Waals surface area (Å²) >= 11 is 0. The number of hydrogen-bond donors (Lipinski definition) is 1. The first kappa shape index (κ1) is 16.4. The van der Waals surface area contributed by atoms with Crippen molar-refractivity contribution in [1.82, 2.24) is 10.1 Å². The molecule has 2 N–H and O–H groups in total. The zero-order chi connectivity index (χ0) is 15.2. The van der Waals surface area contributed by atoms with Gasteiger partial charge >= 0.3 is 0 Å². The minimum absolute atomic E-state index is 0.0254. The summed E-state index contributed by atoms with van der Waals surface area (Å²) in [6, 6.07) is 0. The molecule has 5 heteroatoms. The molecule has 0 saturated heterocycles. The first-order chi connectivity index (χ1) is 10.2. The van der Waals surface area contributed by atoms with Crippen LogP contribution in [0.4, 0.5) is 0 Å². The van der Waals surface area contributed by atoms with E-state index in [-0.39, 0.29) is 6.10 Å². The van der Waals surface area contributed by atoms with Crippen molar-refractivity contribution in [3.63, 3.8) is 0 Å². The predicted octanol–water partition coefficient (Wildman–Crippen LogP) is 3.11. The van der Waals surface area contributed by atoms with Crippen molar-refractivity contribution < 1.29 is 9.26 Å². The van der Waals surface area contributed by atoms with Crippen LogP contribution in [0, 0.1) is 17.8 Å². The van der Waals surface area contributed by atoms with Crippen LogP contribution in [0.25, 0.3) is 0 Å². The van der Waals surface area contributed by atoms with Gasteiger partial charge in [0.1, 0.15) is 6.10 Å². The van der Waals surface area contributed by atoms with Gasteiger partial charge in [-0.25, -0.2) is 0 Å². The SMILES string of the molecule is CCOC(c1noc(CCC(CCN)C(C)C)n1)C1CC1. The molecule has 0 radical (unpaired) electrons. The normalized spacial score (nSPS) is 18.1. The summed E-state index contributed by atoms with van der Waals surface area (Å²) in [6.45, 7) is 7.94. The van der Waals surface area contributed by atoms with Crippen molar-refractivity contribution in [1.29, 1.82) is 0 Å². The fourth-order valence-corrected chi connectivity index (χ4v) is 2.82. The van der Waals surface area contributed by atoms with Crippen molar-refractivity contribution >= 4 is 0 Å². The van der Waals surface area contributed by atoms with E-state index in [0.29, 0.717) is 24.4 Å². The molecule has 2 rings (SSSR count). The van der Waals surface area contributed by atoms with Gasteiger partial charge in [-0.3, -0.25) is 0 Å². The lowest BCUT2D eigenvalue weighted by Crippen LogP contribution is -2.15. The quantitative estimate of drug-likeness (QED) is 0.718. The van der Waals surface area contributed by atoms with Crippen molar-refractivity contribution in [2.75, 3.05) is 13.2 Å². The second-order valence-electron chi connectivity index (χ2n) is 6.38. The zero-order valence-corrected chi connectivity index (χ0v) is 13.5. The third-order valence-electron chi connectivity index (χ3n) is 4.34. The van der Waals surface area contributed by atoms with E-state index in [1.165, 1.54) is 12.8 Å². The maximum Gasteiger partial charge on any atom is 0.226 e. The minimum atomic E-state index is 0.0254. The molecule has 0 amide bonds. The molecule has 120 valence electrons. The summed E-state index contributed by atoms with van der Waals surface area (Å²) in [7, 11) is 0. The van der Waals surface area contributed by atoms with Gasteiger partial charge in [0.25, 0.3) is 0 Å². The van der Waals surface area contributed by atoms with Crippen LogP contribution >= 0.6 is 0 Å². The standard InChI is InChI=1S/C16H29N3O2/c1-4-20-15(13-5-6-13)16-18-14(21-19-16)8-7-12(9-10-17)11(2)3/h11-13,15H,4-10,17H2,1-3H3. The molecular formula is C16H29N3O2. The minimum Gasteiger partial charge on any atom is -0.370 e. The number of rotatable bonds is 10. The van der Waals surface area contributed by atoms with E-state index in [4.69, 9.17) is 15.0 Å². The summed E-state index contributed by atoms with van der Waals surface area (Å²) in [5, 5.41) is 4.13. The number of nitrogens with zero attached hydrogens (tertiary/aromatic N) is 2.